The minimum Gasteiger partial charge on any atom is -0.329 e. The number of hydrogen-bond acceptors (Lipinski definition) is 2. The monoisotopic (exact) mass is 280 g/mol. The zero-order chi connectivity index (χ0) is 14.4. The molecular weight excluding hydrogens is 244 g/mol. The van der Waals surface area contributed by atoms with Crippen LogP contribution in [0.1, 0.15) is 78.1 Å². The summed E-state index contributed by atoms with van der Waals surface area (Å²) in [6.45, 7) is 8.14. The lowest BCUT2D eigenvalue weighted by Gasteiger charge is -2.50. The molecule has 2 heteroatoms. The molecule has 20 heavy (non-hydrogen) atoms. The minimum atomic E-state index is 0.363. The standard InChI is InChI=1S/C18H36N2/c1-3-5-16-7-11-18(15-19,12-8-16)20-13-9-17(6-4-2)10-14-20/h16-17H,3-15,19H2,1-2H3. The van der Waals surface area contributed by atoms with Gasteiger partial charge in [-0.05, 0) is 63.5 Å². The van der Waals surface area contributed by atoms with Crippen LogP contribution < -0.4 is 5.73 Å². The van der Waals surface area contributed by atoms with Gasteiger partial charge in [-0.2, -0.15) is 0 Å². The van der Waals surface area contributed by atoms with E-state index in [4.69, 9.17) is 5.73 Å². The number of nitrogens with zero attached hydrogens (tertiary/aromatic N) is 1. The Kier molecular flexibility index (Phi) is 6.35. The van der Waals surface area contributed by atoms with Crippen LogP contribution in [-0.2, 0) is 0 Å². The highest BCUT2D eigenvalue weighted by Crippen LogP contribution is 2.39. The van der Waals surface area contributed by atoms with E-state index in [9.17, 15) is 0 Å². The Labute approximate surface area is 126 Å². The van der Waals surface area contributed by atoms with Gasteiger partial charge in [-0.1, -0.05) is 39.5 Å². The van der Waals surface area contributed by atoms with Gasteiger partial charge in [0.25, 0.3) is 0 Å². The van der Waals surface area contributed by atoms with Gasteiger partial charge < -0.3 is 5.73 Å². The summed E-state index contributed by atoms with van der Waals surface area (Å²) in [7, 11) is 0. The Morgan fingerprint density at radius 2 is 1.40 bits per heavy atom. The largest absolute Gasteiger partial charge is 0.329 e. The molecule has 0 aromatic heterocycles. The maximum absolute atomic E-state index is 6.24. The smallest absolute Gasteiger partial charge is 0.0331 e. The predicted molar refractivity (Wildman–Crippen MR) is 87.9 cm³/mol. The number of rotatable bonds is 6. The Morgan fingerprint density at radius 1 is 0.900 bits per heavy atom. The molecule has 1 heterocycles. The summed E-state index contributed by atoms with van der Waals surface area (Å²) in [5, 5.41) is 0. The van der Waals surface area contributed by atoms with Gasteiger partial charge in [-0.3, -0.25) is 4.90 Å². The molecule has 0 unspecified atom stereocenters. The van der Waals surface area contributed by atoms with Gasteiger partial charge in [0, 0.05) is 12.1 Å². The van der Waals surface area contributed by atoms with E-state index >= 15 is 0 Å². The highest BCUT2D eigenvalue weighted by molar-refractivity contribution is 4.97. The third kappa shape index (κ3) is 3.76. The van der Waals surface area contributed by atoms with Gasteiger partial charge in [-0.25, -0.2) is 0 Å². The van der Waals surface area contributed by atoms with Crippen molar-refractivity contribution in [2.75, 3.05) is 19.6 Å². The van der Waals surface area contributed by atoms with Crippen molar-refractivity contribution in [2.45, 2.75) is 83.6 Å². The molecule has 2 nitrogen and oxygen atoms in total. The second kappa shape index (κ2) is 7.79. The van der Waals surface area contributed by atoms with Crippen LogP contribution in [0, 0.1) is 11.8 Å². The van der Waals surface area contributed by atoms with Crippen LogP contribution in [0.25, 0.3) is 0 Å². The second-order valence-corrected chi connectivity index (χ2v) is 7.38. The third-order valence-corrected chi connectivity index (χ3v) is 6.10. The molecule has 1 saturated heterocycles. The van der Waals surface area contributed by atoms with Gasteiger partial charge in [0.2, 0.25) is 0 Å². The predicted octanol–water partition coefficient (Wildman–Crippen LogP) is 4.19. The molecule has 1 aliphatic heterocycles. The fourth-order valence-corrected chi connectivity index (χ4v) is 4.67. The third-order valence-electron chi connectivity index (χ3n) is 6.10. The van der Waals surface area contributed by atoms with Crippen molar-refractivity contribution in [3.63, 3.8) is 0 Å². The molecule has 0 atom stereocenters. The molecule has 0 spiro atoms. The lowest BCUT2D eigenvalue weighted by atomic mass is 9.73. The van der Waals surface area contributed by atoms with E-state index in [-0.39, 0.29) is 0 Å². The number of nitrogens with two attached hydrogens (primary N) is 1. The fraction of sp³-hybridized carbons (Fsp3) is 1.00. The molecule has 1 aliphatic carbocycles. The zero-order valence-electron chi connectivity index (χ0n) is 13.9. The summed E-state index contributed by atoms with van der Waals surface area (Å²) in [4.78, 5) is 2.78. The molecule has 2 N–H and O–H groups in total. The van der Waals surface area contributed by atoms with Gasteiger partial charge in [0.15, 0.2) is 0 Å². The van der Waals surface area contributed by atoms with Crippen molar-refractivity contribution in [1.82, 2.24) is 4.90 Å². The molecule has 0 aromatic carbocycles. The molecule has 0 bridgehead atoms. The van der Waals surface area contributed by atoms with Crippen molar-refractivity contribution in [3.8, 4) is 0 Å². The van der Waals surface area contributed by atoms with Gasteiger partial charge in [0.05, 0.1) is 0 Å². The maximum atomic E-state index is 6.24. The zero-order valence-corrected chi connectivity index (χ0v) is 13.9. The molecule has 0 radical (unpaired) electrons. The van der Waals surface area contributed by atoms with Crippen LogP contribution in [0.15, 0.2) is 0 Å². The van der Waals surface area contributed by atoms with Crippen molar-refractivity contribution in [2.24, 2.45) is 17.6 Å². The summed E-state index contributed by atoms with van der Waals surface area (Å²) in [6.07, 6.45) is 13.9. The summed E-state index contributed by atoms with van der Waals surface area (Å²) in [5.74, 6) is 1.97. The Balaban J connectivity index is 1.86. The first-order valence-electron chi connectivity index (χ1n) is 9.19. The van der Waals surface area contributed by atoms with Crippen LogP contribution in [0.4, 0.5) is 0 Å². The average Bonchev–Trinajstić information content (AvgIpc) is 2.50. The van der Waals surface area contributed by atoms with E-state index in [0.717, 1.165) is 18.4 Å². The quantitative estimate of drug-likeness (QED) is 0.790. The SMILES string of the molecule is CCCC1CCN(C2(CN)CCC(CCC)CC2)CC1. The van der Waals surface area contributed by atoms with Crippen molar-refractivity contribution < 1.29 is 0 Å². The van der Waals surface area contributed by atoms with Crippen molar-refractivity contribution in [1.29, 1.82) is 0 Å². The topological polar surface area (TPSA) is 29.3 Å². The van der Waals surface area contributed by atoms with Gasteiger partial charge in [-0.15, -0.1) is 0 Å². The highest BCUT2D eigenvalue weighted by atomic mass is 15.2. The van der Waals surface area contributed by atoms with Crippen LogP contribution >= 0.6 is 0 Å². The van der Waals surface area contributed by atoms with E-state index in [2.05, 4.69) is 18.7 Å². The normalized spacial score (nSPS) is 33.5. The van der Waals surface area contributed by atoms with Crippen molar-refractivity contribution >= 4 is 0 Å². The van der Waals surface area contributed by atoms with E-state index in [1.54, 1.807) is 0 Å². The molecule has 0 amide bonds. The molecule has 118 valence electrons. The van der Waals surface area contributed by atoms with Crippen LogP contribution in [0.5, 0.6) is 0 Å². The van der Waals surface area contributed by atoms with Gasteiger partial charge >= 0.3 is 0 Å². The second-order valence-electron chi connectivity index (χ2n) is 7.38. The van der Waals surface area contributed by atoms with Gasteiger partial charge in [0.1, 0.15) is 0 Å². The maximum Gasteiger partial charge on any atom is 0.0331 e. The van der Waals surface area contributed by atoms with E-state index in [1.165, 1.54) is 77.3 Å². The summed E-state index contributed by atoms with van der Waals surface area (Å²) in [5.41, 5.74) is 6.60. The number of piperidine rings is 1. The Hall–Kier alpha value is -0.0800. The molecule has 2 fully saturated rings. The van der Waals surface area contributed by atoms with E-state index < -0.39 is 0 Å². The van der Waals surface area contributed by atoms with Crippen molar-refractivity contribution in [3.05, 3.63) is 0 Å². The first-order valence-corrected chi connectivity index (χ1v) is 9.19. The first-order chi connectivity index (χ1) is 9.74. The van der Waals surface area contributed by atoms with Crippen LogP contribution in [-0.4, -0.2) is 30.1 Å². The lowest BCUT2D eigenvalue weighted by Crippen LogP contribution is -2.57. The Bertz CT molecular complexity index is 261. The molecule has 2 aliphatic rings. The van der Waals surface area contributed by atoms with E-state index in [0.29, 0.717) is 5.54 Å². The first kappa shape index (κ1) is 16.3. The van der Waals surface area contributed by atoms with Crippen LogP contribution in [0.3, 0.4) is 0 Å². The highest BCUT2D eigenvalue weighted by Gasteiger charge is 2.40. The molecular formula is C18H36N2. The summed E-state index contributed by atoms with van der Waals surface area (Å²) < 4.78 is 0. The minimum absolute atomic E-state index is 0.363. The van der Waals surface area contributed by atoms with Crippen LogP contribution in [0.2, 0.25) is 0 Å². The fourth-order valence-electron chi connectivity index (χ4n) is 4.67. The lowest BCUT2D eigenvalue weighted by molar-refractivity contribution is 0.0135. The molecule has 2 rings (SSSR count). The Morgan fingerprint density at radius 3 is 1.85 bits per heavy atom. The summed E-state index contributed by atoms with van der Waals surface area (Å²) in [6, 6.07) is 0. The molecule has 0 aromatic rings. The van der Waals surface area contributed by atoms with E-state index in [1.807, 2.05) is 0 Å². The number of hydrogen-bond donors (Lipinski definition) is 1. The number of likely N-dealkylation sites (tertiary alicyclic amines) is 1. The summed E-state index contributed by atoms with van der Waals surface area (Å²) >= 11 is 0. The average molecular weight is 280 g/mol. The molecule has 1 saturated carbocycles.